The summed E-state index contributed by atoms with van der Waals surface area (Å²) in [5.74, 6) is 0.568. The van der Waals surface area contributed by atoms with E-state index in [1.807, 2.05) is 6.07 Å². The lowest BCUT2D eigenvalue weighted by Gasteiger charge is -2.28. The second kappa shape index (κ2) is 3.47. The standard InChI is InChI=1S/C8H8ClIN2/c9-8-7(5-3-11-4-5)6(10)1-2-12-8/h1-2,5,11H,3-4H2. The van der Waals surface area contributed by atoms with Crippen LogP contribution in [0.25, 0.3) is 0 Å². The van der Waals surface area contributed by atoms with E-state index in [2.05, 4.69) is 32.9 Å². The first-order chi connectivity index (χ1) is 5.79. The molecule has 1 fully saturated rings. The molecule has 1 aromatic heterocycles. The Balaban J connectivity index is 2.39. The van der Waals surface area contributed by atoms with Crippen LogP contribution in [0.4, 0.5) is 0 Å². The van der Waals surface area contributed by atoms with E-state index in [-0.39, 0.29) is 0 Å². The fraction of sp³-hybridized carbons (Fsp3) is 0.375. The maximum atomic E-state index is 5.99. The minimum atomic E-state index is 0.568. The average molecular weight is 295 g/mol. The molecule has 0 radical (unpaired) electrons. The maximum Gasteiger partial charge on any atom is 0.133 e. The van der Waals surface area contributed by atoms with Gasteiger partial charge in [0.1, 0.15) is 5.15 Å². The van der Waals surface area contributed by atoms with Crippen molar-refractivity contribution < 1.29 is 0 Å². The Morgan fingerprint density at radius 1 is 1.58 bits per heavy atom. The minimum absolute atomic E-state index is 0.568. The van der Waals surface area contributed by atoms with Crippen LogP contribution in [-0.4, -0.2) is 18.1 Å². The number of aromatic nitrogens is 1. The van der Waals surface area contributed by atoms with Crippen molar-refractivity contribution in [1.82, 2.24) is 10.3 Å². The first kappa shape index (κ1) is 8.72. The van der Waals surface area contributed by atoms with Gasteiger partial charge in [-0.05, 0) is 28.7 Å². The number of halogens is 2. The lowest BCUT2D eigenvalue weighted by atomic mass is 9.95. The number of hydrogen-bond donors (Lipinski definition) is 1. The summed E-state index contributed by atoms with van der Waals surface area (Å²) in [4.78, 5) is 4.08. The van der Waals surface area contributed by atoms with E-state index in [9.17, 15) is 0 Å². The quantitative estimate of drug-likeness (QED) is 0.633. The molecular formula is C8H8ClIN2. The van der Waals surface area contributed by atoms with Crippen LogP contribution in [0, 0.1) is 3.57 Å². The molecule has 1 aromatic rings. The third-order valence-electron chi connectivity index (χ3n) is 2.08. The summed E-state index contributed by atoms with van der Waals surface area (Å²) in [5.41, 5.74) is 1.21. The van der Waals surface area contributed by atoms with Crippen molar-refractivity contribution in [1.29, 1.82) is 0 Å². The van der Waals surface area contributed by atoms with Gasteiger partial charge in [-0.25, -0.2) is 4.98 Å². The fourth-order valence-electron chi connectivity index (χ4n) is 1.28. The molecule has 2 rings (SSSR count). The van der Waals surface area contributed by atoms with E-state index in [1.165, 1.54) is 9.13 Å². The second-order valence-electron chi connectivity index (χ2n) is 2.85. The number of nitrogens with one attached hydrogen (secondary N) is 1. The molecule has 1 aliphatic heterocycles. The van der Waals surface area contributed by atoms with Crippen LogP contribution >= 0.6 is 34.2 Å². The molecule has 0 aromatic carbocycles. The third-order valence-corrected chi connectivity index (χ3v) is 3.32. The van der Waals surface area contributed by atoms with E-state index in [4.69, 9.17) is 11.6 Å². The lowest BCUT2D eigenvalue weighted by Crippen LogP contribution is -2.40. The molecule has 0 saturated carbocycles. The van der Waals surface area contributed by atoms with Crippen LogP contribution in [-0.2, 0) is 0 Å². The Kier molecular flexibility index (Phi) is 2.52. The van der Waals surface area contributed by atoms with Crippen molar-refractivity contribution in [3.8, 4) is 0 Å². The molecular weight excluding hydrogens is 286 g/mol. The molecule has 2 heterocycles. The Hall–Kier alpha value is 0.130. The van der Waals surface area contributed by atoms with E-state index in [0.717, 1.165) is 13.1 Å². The molecule has 0 atom stereocenters. The van der Waals surface area contributed by atoms with E-state index in [0.29, 0.717) is 11.1 Å². The van der Waals surface area contributed by atoms with Crippen molar-refractivity contribution in [2.24, 2.45) is 0 Å². The molecule has 2 nitrogen and oxygen atoms in total. The van der Waals surface area contributed by atoms with Crippen molar-refractivity contribution >= 4 is 34.2 Å². The van der Waals surface area contributed by atoms with Gasteiger partial charge < -0.3 is 5.32 Å². The summed E-state index contributed by atoms with van der Waals surface area (Å²) < 4.78 is 1.22. The third kappa shape index (κ3) is 1.45. The van der Waals surface area contributed by atoms with Crippen LogP contribution in [0.2, 0.25) is 5.15 Å². The number of pyridine rings is 1. The van der Waals surface area contributed by atoms with Crippen LogP contribution in [0.3, 0.4) is 0 Å². The van der Waals surface area contributed by atoms with Gasteiger partial charge in [-0.1, -0.05) is 11.6 Å². The van der Waals surface area contributed by atoms with Gasteiger partial charge in [0.2, 0.25) is 0 Å². The predicted molar refractivity (Wildman–Crippen MR) is 57.6 cm³/mol. The summed E-state index contributed by atoms with van der Waals surface area (Å²) in [6, 6.07) is 2.00. The maximum absolute atomic E-state index is 5.99. The summed E-state index contributed by atoms with van der Waals surface area (Å²) in [5, 5.41) is 3.88. The van der Waals surface area contributed by atoms with Gasteiger partial charge in [-0.3, -0.25) is 0 Å². The minimum Gasteiger partial charge on any atom is -0.315 e. The molecule has 12 heavy (non-hydrogen) atoms. The highest BCUT2D eigenvalue weighted by atomic mass is 127. The monoisotopic (exact) mass is 294 g/mol. The van der Waals surface area contributed by atoms with Crippen LogP contribution in [0.5, 0.6) is 0 Å². The molecule has 0 amide bonds. The zero-order valence-electron chi connectivity index (χ0n) is 6.35. The molecule has 0 bridgehead atoms. The van der Waals surface area contributed by atoms with Gasteiger partial charge in [0.05, 0.1) is 0 Å². The van der Waals surface area contributed by atoms with E-state index >= 15 is 0 Å². The van der Waals surface area contributed by atoms with Crippen LogP contribution in [0.15, 0.2) is 12.3 Å². The zero-order chi connectivity index (χ0) is 8.55. The summed E-state index contributed by atoms with van der Waals surface area (Å²) in [6.07, 6.45) is 1.75. The van der Waals surface area contributed by atoms with Crippen molar-refractivity contribution in [3.63, 3.8) is 0 Å². The predicted octanol–water partition coefficient (Wildman–Crippen LogP) is 2.03. The highest BCUT2D eigenvalue weighted by Crippen LogP contribution is 2.29. The molecule has 1 N–H and O–H groups in total. The molecule has 1 aliphatic rings. The van der Waals surface area contributed by atoms with Gasteiger partial charge >= 0.3 is 0 Å². The Morgan fingerprint density at radius 3 is 2.83 bits per heavy atom. The second-order valence-corrected chi connectivity index (χ2v) is 4.37. The van der Waals surface area contributed by atoms with Crippen LogP contribution < -0.4 is 5.32 Å². The molecule has 1 saturated heterocycles. The highest BCUT2D eigenvalue weighted by Gasteiger charge is 2.23. The smallest absolute Gasteiger partial charge is 0.133 e. The van der Waals surface area contributed by atoms with Crippen LogP contribution in [0.1, 0.15) is 11.5 Å². The van der Waals surface area contributed by atoms with E-state index < -0.39 is 0 Å². The highest BCUT2D eigenvalue weighted by molar-refractivity contribution is 14.1. The Labute approximate surface area is 89.9 Å². The summed E-state index contributed by atoms with van der Waals surface area (Å²) in [6.45, 7) is 2.06. The number of rotatable bonds is 1. The normalized spacial score (nSPS) is 17.5. The van der Waals surface area contributed by atoms with Gasteiger partial charge in [-0.2, -0.15) is 0 Å². The largest absolute Gasteiger partial charge is 0.315 e. The molecule has 0 unspecified atom stereocenters. The summed E-state index contributed by atoms with van der Waals surface area (Å²) in [7, 11) is 0. The number of hydrogen-bond acceptors (Lipinski definition) is 2. The lowest BCUT2D eigenvalue weighted by molar-refractivity contribution is 0.446. The van der Waals surface area contributed by atoms with E-state index in [1.54, 1.807) is 6.20 Å². The Morgan fingerprint density at radius 2 is 2.33 bits per heavy atom. The fourth-order valence-corrected chi connectivity index (χ4v) is 2.61. The SMILES string of the molecule is Clc1nccc(I)c1C1CNC1. The molecule has 0 spiro atoms. The van der Waals surface area contributed by atoms with Crippen molar-refractivity contribution in [2.45, 2.75) is 5.92 Å². The van der Waals surface area contributed by atoms with Gasteiger partial charge in [0, 0.05) is 34.3 Å². The first-order valence-corrected chi connectivity index (χ1v) is 5.25. The molecule has 4 heteroatoms. The van der Waals surface area contributed by atoms with Crippen molar-refractivity contribution in [2.75, 3.05) is 13.1 Å². The zero-order valence-corrected chi connectivity index (χ0v) is 9.26. The molecule has 0 aliphatic carbocycles. The van der Waals surface area contributed by atoms with Gasteiger partial charge in [0.25, 0.3) is 0 Å². The Bertz CT molecular complexity index is 279. The summed E-state index contributed by atoms with van der Waals surface area (Å²) >= 11 is 8.30. The van der Waals surface area contributed by atoms with Crippen molar-refractivity contribution in [3.05, 3.63) is 26.5 Å². The van der Waals surface area contributed by atoms with Gasteiger partial charge in [-0.15, -0.1) is 0 Å². The first-order valence-electron chi connectivity index (χ1n) is 3.79. The van der Waals surface area contributed by atoms with Gasteiger partial charge in [0.15, 0.2) is 0 Å². The average Bonchev–Trinajstić information content (AvgIpc) is 1.93. The molecule has 64 valence electrons. The number of nitrogens with zero attached hydrogens (tertiary/aromatic N) is 1. The topological polar surface area (TPSA) is 24.9 Å².